The summed E-state index contributed by atoms with van der Waals surface area (Å²) < 4.78 is 5.18. The van der Waals surface area contributed by atoms with E-state index in [4.69, 9.17) is 16.3 Å². The molecule has 0 aliphatic heterocycles. The fourth-order valence-corrected chi connectivity index (χ4v) is 3.83. The summed E-state index contributed by atoms with van der Waals surface area (Å²) in [5, 5.41) is 20.8. The van der Waals surface area contributed by atoms with Crippen LogP contribution in [0.15, 0.2) is 36.4 Å². The number of aromatic amines is 1. The topological polar surface area (TPSA) is 99.6 Å². The van der Waals surface area contributed by atoms with Gasteiger partial charge in [-0.1, -0.05) is 23.7 Å². The lowest BCUT2D eigenvalue weighted by Crippen LogP contribution is -2.34. The number of H-pyrrole nitrogens is 1. The zero-order chi connectivity index (χ0) is 20.6. The molecule has 7 heteroatoms. The van der Waals surface area contributed by atoms with Crippen molar-refractivity contribution in [1.82, 2.24) is 4.98 Å². The van der Waals surface area contributed by atoms with E-state index in [0.717, 1.165) is 0 Å². The number of ether oxygens (including phenoxy) is 1. The first-order chi connectivity index (χ1) is 13.2. The molecule has 1 aromatic heterocycles. The Morgan fingerprint density at radius 1 is 1.21 bits per heavy atom. The van der Waals surface area contributed by atoms with Gasteiger partial charge in [-0.05, 0) is 56.2 Å². The summed E-state index contributed by atoms with van der Waals surface area (Å²) in [6.45, 7) is 5.13. The van der Waals surface area contributed by atoms with Crippen molar-refractivity contribution in [2.75, 3.05) is 6.61 Å². The Balaban J connectivity index is 2.41. The van der Waals surface area contributed by atoms with E-state index in [0.29, 0.717) is 22.2 Å². The number of phenolic OH excluding ortho intramolecular Hbond substituents is 1. The van der Waals surface area contributed by atoms with E-state index >= 15 is 0 Å². The summed E-state index contributed by atoms with van der Waals surface area (Å²) >= 11 is 6.31. The van der Waals surface area contributed by atoms with Gasteiger partial charge in [0.15, 0.2) is 0 Å². The SMILES string of the molecule is CCOC(=O)c1c(C)[nH]c2cccc(C(C)(C(=O)O)c3cc(O)ccc3Cl)c12. The van der Waals surface area contributed by atoms with Crippen molar-refractivity contribution in [3.8, 4) is 5.75 Å². The normalized spacial score (nSPS) is 13.3. The van der Waals surface area contributed by atoms with E-state index in [1.165, 1.54) is 25.1 Å². The van der Waals surface area contributed by atoms with Gasteiger partial charge in [-0.2, -0.15) is 0 Å². The number of carboxylic acid groups (broad SMARTS) is 1. The highest BCUT2D eigenvalue weighted by Crippen LogP contribution is 2.42. The number of benzene rings is 2. The van der Waals surface area contributed by atoms with E-state index in [1.807, 2.05) is 0 Å². The first-order valence-electron chi connectivity index (χ1n) is 8.73. The van der Waals surface area contributed by atoms with Gasteiger partial charge >= 0.3 is 11.9 Å². The van der Waals surface area contributed by atoms with Gasteiger partial charge in [0.05, 0.1) is 12.2 Å². The molecule has 0 aliphatic carbocycles. The first kappa shape index (κ1) is 19.8. The molecule has 3 aromatic rings. The second kappa shape index (κ2) is 7.20. The van der Waals surface area contributed by atoms with Gasteiger partial charge in [-0.25, -0.2) is 4.79 Å². The smallest absolute Gasteiger partial charge is 0.340 e. The van der Waals surface area contributed by atoms with Crippen molar-refractivity contribution < 1.29 is 24.5 Å². The zero-order valence-corrected chi connectivity index (χ0v) is 16.4. The summed E-state index contributed by atoms with van der Waals surface area (Å²) in [5.74, 6) is -1.80. The van der Waals surface area contributed by atoms with E-state index in [1.54, 1.807) is 32.0 Å². The highest BCUT2D eigenvalue weighted by molar-refractivity contribution is 6.32. The Labute approximate surface area is 166 Å². The fraction of sp³-hybridized carbons (Fsp3) is 0.238. The number of carboxylic acids is 1. The van der Waals surface area contributed by atoms with Crippen LogP contribution in [0.5, 0.6) is 5.75 Å². The molecule has 3 rings (SSSR count). The number of aliphatic carboxylic acids is 1. The number of hydrogen-bond acceptors (Lipinski definition) is 4. The van der Waals surface area contributed by atoms with Crippen LogP contribution in [0.3, 0.4) is 0 Å². The number of fused-ring (bicyclic) bond motifs is 1. The molecule has 2 aromatic carbocycles. The third-order valence-electron chi connectivity index (χ3n) is 4.95. The molecule has 1 heterocycles. The van der Waals surface area contributed by atoms with Crippen LogP contribution in [0.2, 0.25) is 5.02 Å². The average molecular weight is 402 g/mol. The number of nitrogens with one attached hydrogen (secondary N) is 1. The molecule has 6 nitrogen and oxygen atoms in total. The molecule has 0 saturated carbocycles. The molecule has 0 spiro atoms. The molecule has 0 saturated heterocycles. The largest absolute Gasteiger partial charge is 0.508 e. The van der Waals surface area contributed by atoms with Gasteiger partial charge in [-0.3, -0.25) is 4.79 Å². The highest BCUT2D eigenvalue weighted by Gasteiger charge is 2.41. The average Bonchev–Trinajstić information content (AvgIpc) is 2.98. The lowest BCUT2D eigenvalue weighted by Gasteiger charge is -2.28. The zero-order valence-electron chi connectivity index (χ0n) is 15.7. The third kappa shape index (κ3) is 2.99. The Morgan fingerprint density at radius 2 is 1.93 bits per heavy atom. The standard InChI is InChI=1S/C21H20ClNO5/c1-4-28-19(25)17-11(2)23-16-7-5-6-13(18(16)17)21(3,20(26)27)14-10-12(24)8-9-15(14)22/h5-10,23-24H,4H2,1-3H3,(H,26,27). The number of phenols is 1. The van der Waals surface area contributed by atoms with Crippen molar-refractivity contribution in [1.29, 1.82) is 0 Å². The number of carbonyl (C=O) groups is 2. The Bertz CT molecular complexity index is 1090. The Morgan fingerprint density at radius 3 is 2.57 bits per heavy atom. The van der Waals surface area contributed by atoms with Crippen molar-refractivity contribution in [3.05, 3.63) is 63.8 Å². The minimum atomic E-state index is -1.62. The van der Waals surface area contributed by atoms with Crippen LogP contribution in [0.25, 0.3) is 10.9 Å². The maximum Gasteiger partial charge on any atom is 0.340 e. The van der Waals surface area contributed by atoms with Crippen LogP contribution >= 0.6 is 11.6 Å². The summed E-state index contributed by atoms with van der Waals surface area (Å²) in [5.41, 5.74) is 0.458. The number of halogens is 1. The molecule has 1 atom stereocenters. The van der Waals surface area contributed by atoms with E-state index < -0.39 is 17.4 Å². The van der Waals surface area contributed by atoms with Gasteiger partial charge in [-0.15, -0.1) is 0 Å². The first-order valence-corrected chi connectivity index (χ1v) is 9.10. The molecule has 0 aliphatic rings. The second-order valence-corrected chi connectivity index (χ2v) is 7.08. The van der Waals surface area contributed by atoms with Gasteiger partial charge < -0.3 is 19.9 Å². The van der Waals surface area contributed by atoms with E-state index in [-0.39, 0.29) is 28.5 Å². The number of aromatic hydroxyl groups is 1. The molecule has 146 valence electrons. The molecular formula is C21H20ClNO5. The number of carbonyl (C=O) groups excluding carboxylic acids is 1. The number of hydrogen-bond donors (Lipinski definition) is 3. The van der Waals surface area contributed by atoms with Crippen LogP contribution in [-0.2, 0) is 14.9 Å². The number of esters is 1. The predicted molar refractivity (Wildman–Crippen MR) is 106 cm³/mol. The van der Waals surface area contributed by atoms with Crippen molar-refractivity contribution in [2.45, 2.75) is 26.2 Å². The number of aromatic nitrogens is 1. The van der Waals surface area contributed by atoms with Crippen molar-refractivity contribution in [2.24, 2.45) is 0 Å². The van der Waals surface area contributed by atoms with Gasteiger partial charge in [0.1, 0.15) is 11.2 Å². The summed E-state index contributed by atoms with van der Waals surface area (Å²) in [6.07, 6.45) is 0. The summed E-state index contributed by atoms with van der Waals surface area (Å²) in [4.78, 5) is 28.2. The molecular weight excluding hydrogens is 382 g/mol. The number of aryl methyl sites for hydroxylation is 1. The highest BCUT2D eigenvalue weighted by atomic mass is 35.5. The van der Waals surface area contributed by atoms with Gasteiger partial charge in [0, 0.05) is 21.6 Å². The predicted octanol–water partition coefficient (Wildman–Crippen LogP) is 4.40. The summed E-state index contributed by atoms with van der Waals surface area (Å²) in [6, 6.07) is 9.29. The Hall–Kier alpha value is -2.99. The van der Waals surface area contributed by atoms with Crippen molar-refractivity contribution in [3.63, 3.8) is 0 Å². The third-order valence-corrected chi connectivity index (χ3v) is 5.28. The quantitative estimate of drug-likeness (QED) is 0.550. The number of rotatable bonds is 5. The molecule has 0 fully saturated rings. The minimum Gasteiger partial charge on any atom is -0.508 e. The lowest BCUT2D eigenvalue weighted by atomic mass is 9.74. The maximum absolute atomic E-state index is 12.6. The van der Waals surface area contributed by atoms with Crippen LogP contribution in [-0.4, -0.2) is 33.7 Å². The lowest BCUT2D eigenvalue weighted by molar-refractivity contribution is -0.141. The van der Waals surface area contributed by atoms with Crippen LogP contribution in [0.4, 0.5) is 0 Å². The Kier molecular flexibility index (Phi) is 5.08. The summed E-state index contributed by atoms with van der Waals surface area (Å²) in [7, 11) is 0. The maximum atomic E-state index is 12.6. The van der Waals surface area contributed by atoms with Crippen molar-refractivity contribution >= 4 is 34.4 Å². The fourth-order valence-electron chi connectivity index (χ4n) is 3.52. The molecule has 1 unspecified atom stereocenters. The van der Waals surface area contributed by atoms with E-state index in [9.17, 15) is 19.8 Å². The molecule has 0 radical (unpaired) electrons. The van der Waals surface area contributed by atoms with Gasteiger partial charge in [0.25, 0.3) is 0 Å². The molecule has 0 bridgehead atoms. The van der Waals surface area contributed by atoms with E-state index in [2.05, 4.69) is 4.98 Å². The molecule has 3 N–H and O–H groups in total. The van der Waals surface area contributed by atoms with Gasteiger partial charge in [0.2, 0.25) is 0 Å². The molecule has 0 amide bonds. The van der Waals surface area contributed by atoms with Crippen LogP contribution < -0.4 is 0 Å². The monoisotopic (exact) mass is 401 g/mol. The van der Waals surface area contributed by atoms with Crippen LogP contribution in [0.1, 0.15) is 41.0 Å². The minimum absolute atomic E-state index is 0.102. The second-order valence-electron chi connectivity index (χ2n) is 6.67. The van der Waals surface area contributed by atoms with Crippen LogP contribution in [0, 0.1) is 6.92 Å². The molecule has 28 heavy (non-hydrogen) atoms.